The molecule has 0 spiro atoms. The Morgan fingerprint density at radius 3 is 3.08 bits per heavy atom. The molecular weight excluding hydrogens is 170 g/mol. The van der Waals surface area contributed by atoms with Gasteiger partial charge in [-0.25, -0.2) is 0 Å². The molecular formula is C8H11N3O2. The van der Waals surface area contributed by atoms with Crippen molar-refractivity contribution in [2.45, 2.75) is 0 Å². The van der Waals surface area contributed by atoms with E-state index in [1.165, 1.54) is 0 Å². The molecule has 1 aliphatic rings. The van der Waals surface area contributed by atoms with E-state index in [1.54, 1.807) is 15.8 Å². The summed E-state index contributed by atoms with van der Waals surface area (Å²) >= 11 is 0. The van der Waals surface area contributed by atoms with Crippen molar-refractivity contribution in [3.8, 4) is 0 Å². The smallest absolute Gasteiger partial charge is 0.254 e. The molecule has 0 bridgehead atoms. The van der Waals surface area contributed by atoms with E-state index in [1.807, 2.05) is 13.1 Å². The lowest BCUT2D eigenvalue weighted by molar-refractivity contribution is -0.125. The van der Waals surface area contributed by atoms with Gasteiger partial charge >= 0.3 is 0 Å². The lowest BCUT2D eigenvalue weighted by Crippen LogP contribution is -2.42. The molecule has 2 heterocycles. The van der Waals surface area contributed by atoms with Crippen molar-refractivity contribution in [2.75, 3.05) is 24.7 Å². The third-order valence-corrected chi connectivity index (χ3v) is 2.06. The molecule has 1 amide bonds. The number of nitrogens with zero attached hydrogens (tertiary/aromatic N) is 3. The van der Waals surface area contributed by atoms with E-state index in [-0.39, 0.29) is 12.5 Å². The fourth-order valence-electron chi connectivity index (χ4n) is 1.39. The summed E-state index contributed by atoms with van der Waals surface area (Å²) in [6, 6.07) is 1.82. The van der Waals surface area contributed by atoms with Crippen LogP contribution in [-0.4, -0.2) is 35.4 Å². The summed E-state index contributed by atoms with van der Waals surface area (Å²) in [5, 5.41) is 4.01. The number of morpholine rings is 1. The number of rotatable bonds is 1. The van der Waals surface area contributed by atoms with Crippen LogP contribution in [0.15, 0.2) is 12.3 Å². The van der Waals surface area contributed by atoms with Crippen molar-refractivity contribution in [2.24, 2.45) is 7.05 Å². The number of ether oxygens (including phenoxy) is 1. The van der Waals surface area contributed by atoms with Crippen LogP contribution in [0.25, 0.3) is 0 Å². The molecule has 1 saturated heterocycles. The molecule has 0 saturated carbocycles. The number of amides is 1. The monoisotopic (exact) mass is 181 g/mol. The maximum atomic E-state index is 11.4. The highest BCUT2D eigenvalue weighted by Crippen LogP contribution is 2.13. The van der Waals surface area contributed by atoms with Gasteiger partial charge in [0, 0.05) is 13.1 Å². The molecule has 70 valence electrons. The lowest BCUT2D eigenvalue weighted by atomic mass is 10.4. The predicted octanol–water partition coefficient (Wildman–Crippen LogP) is -0.217. The second-order valence-electron chi connectivity index (χ2n) is 2.91. The summed E-state index contributed by atoms with van der Waals surface area (Å²) in [5.74, 6) is 0.822. The topological polar surface area (TPSA) is 47.4 Å². The van der Waals surface area contributed by atoms with Gasteiger partial charge in [0.05, 0.1) is 19.3 Å². The van der Waals surface area contributed by atoms with Gasteiger partial charge < -0.3 is 4.74 Å². The molecule has 1 fully saturated rings. The first kappa shape index (κ1) is 8.25. The molecule has 0 N–H and O–H groups in total. The molecule has 13 heavy (non-hydrogen) atoms. The third kappa shape index (κ3) is 1.42. The predicted molar refractivity (Wildman–Crippen MR) is 46.4 cm³/mol. The van der Waals surface area contributed by atoms with Crippen LogP contribution in [0.2, 0.25) is 0 Å². The van der Waals surface area contributed by atoms with Gasteiger partial charge in [-0.05, 0) is 0 Å². The fraction of sp³-hybridized carbons (Fsp3) is 0.500. The summed E-state index contributed by atoms with van der Waals surface area (Å²) in [5.41, 5.74) is 0. The second-order valence-corrected chi connectivity index (χ2v) is 2.91. The van der Waals surface area contributed by atoms with Gasteiger partial charge in [0.25, 0.3) is 5.91 Å². The highest BCUT2D eigenvalue weighted by atomic mass is 16.5. The van der Waals surface area contributed by atoms with E-state index in [9.17, 15) is 4.79 Å². The Morgan fingerprint density at radius 1 is 1.62 bits per heavy atom. The number of carbonyl (C=O) groups excluding carboxylic acids is 1. The number of carbonyl (C=O) groups is 1. The van der Waals surface area contributed by atoms with Crippen LogP contribution in [0.4, 0.5) is 5.82 Å². The van der Waals surface area contributed by atoms with Crippen LogP contribution in [0.5, 0.6) is 0 Å². The second kappa shape index (κ2) is 3.18. The zero-order valence-electron chi connectivity index (χ0n) is 7.43. The van der Waals surface area contributed by atoms with Gasteiger partial charge in [0.2, 0.25) is 0 Å². The van der Waals surface area contributed by atoms with Crippen LogP contribution >= 0.6 is 0 Å². The van der Waals surface area contributed by atoms with Crippen molar-refractivity contribution >= 4 is 11.7 Å². The third-order valence-electron chi connectivity index (χ3n) is 2.06. The Morgan fingerprint density at radius 2 is 2.46 bits per heavy atom. The van der Waals surface area contributed by atoms with Crippen molar-refractivity contribution in [3.63, 3.8) is 0 Å². The van der Waals surface area contributed by atoms with E-state index >= 15 is 0 Å². The van der Waals surface area contributed by atoms with E-state index in [0.717, 1.165) is 5.82 Å². The summed E-state index contributed by atoms with van der Waals surface area (Å²) in [6.45, 7) is 1.38. The molecule has 2 rings (SSSR count). The maximum Gasteiger partial charge on any atom is 0.254 e. The Kier molecular flexibility index (Phi) is 2.02. The van der Waals surface area contributed by atoms with E-state index in [2.05, 4.69) is 5.10 Å². The molecule has 0 atom stereocenters. The van der Waals surface area contributed by atoms with Crippen LogP contribution in [-0.2, 0) is 16.6 Å². The average molecular weight is 181 g/mol. The lowest BCUT2D eigenvalue weighted by Gasteiger charge is -2.26. The number of hydrogen-bond donors (Lipinski definition) is 0. The van der Waals surface area contributed by atoms with Crippen LogP contribution in [0.1, 0.15) is 0 Å². The largest absolute Gasteiger partial charge is 0.370 e. The maximum absolute atomic E-state index is 11.4. The zero-order chi connectivity index (χ0) is 9.26. The van der Waals surface area contributed by atoms with Crippen LogP contribution < -0.4 is 4.90 Å². The van der Waals surface area contributed by atoms with E-state index < -0.39 is 0 Å². The molecule has 5 nitrogen and oxygen atoms in total. The highest BCUT2D eigenvalue weighted by Gasteiger charge is 2.21. The zero-order valence-corrected chi connectivity index (χ0v) is 7.43. The summed E-state index contributed by atoms with van der Waals surface area (Å²) in [7, 11) is 1.82. The average Bonchev–Trinajstić information content (AvgIpc) is 2.52. The molecule has 1 aromatic heterocycles. The standard InChI is InChI=1S/C8H11N3O2/c1-10-7(2-3-9-10)11-4-5-13-6-8(11)12/h2-3H,4-6H2,1H3. The number of aromatic nitrogens is 2. The van der Waals surface area contributed by atoms with Crippen molar-refractivity contribution in [1.82, 2.24) is 9.78 Å². The number of anilines is 1. The Hall–Kier alpha value is -1.36. The van der Waals surface area contributed by atoms with E-state index in [0.29, 0.717) is 13.2 Å². The first-order valence-electron chi connectivity index (χ1n) is 4.15. The van der Waals surface area contributed by atoms with Crippen LogP contribution in [0, 0.1) is 0 Å². The summed E-state index contributed by atoms with van der Waals surface area (Å²) in [4.78, 5) is 13.1. The summed E-state index contributed by atoms with van der Waals surface area (Å²) < 4.78 is 6.71. The number of aryl methyl sites for hydroxylation is 1. The molecule has 1 aromatic rings. The molecule has 5 heteroatoms. The molecule has 0 radical (unpaired) electrons. The Balaban J connectivity index is 2.24. The Bertz CT molecular complexity index is 321. The van der Waals surface area contributed by atoms with Gasteiger partial charge in [-0.15, -0.1) is 0 Å². The summed E-state index contributed by atoms with van der Waals surface area (Å²) in [6.07, 6.45) is 1.68. The molecule has 1 aliphatic heterocycles. The molecule has 0 aliphatic carbocycles. The Labute approximate surface area is 75.9 Å². The number of hydrogen-bond acceptors (Lipinski definition) is 3. The minimum absolute atomic E-state index is 0.00477. The SMILES string of the molecule is Cn1nccc1N1CCOCC1=O. The first-order chi connectivity index (χ1) is 6.29. The normalized spacial score (nSPS) is 17.9. The molecule has 0 unspecified atom stereocenters. The quantitative estimate of drug-likeness (QED) is 0.602. The van der Waals surface area contributed by atoms with Crippen molar-refractivity contribution in [3.05, 3.63) is 12.3 Å². The fourth-order valence-corrected chi connectivity index (χ4v) is 1.39. The van der Waals surface area contributed by atoms with Crippen LogP contribution in [0.3, 0.4) is 0 Å². The molecule has 0 aromatic carbocycles. The van der Waals surface area contributed by atoms with Gasteiger partial charge in [-0.1, -0.05) is 0 Å². The van der Waals surface area contributed by atoms with Gasteiger partial charge in [-0.2, -0.15) is 5.10 Å². The first-order valence-corrected chi connectivity index (χ1v) is 4.15. The van der Waals surface area contributed by atoms with Gasteiger partial charge in [0.15, 0.2) is 0 Å². The minimum Gasteiger partial charge on any atom is -0.370 e. The van der Waals surface area contributed by atoms with Crippen molar-refractivity contribution < 1.29 is 9.53 Å². The van der Waals surface area contributed by atoms with Gasteiger partial charge in [0.1, 0.15) is 12.4 Å². The van der Waals surface area contributed by atoms with Crippen molar-refractivity contribution in [1.29, 1.82) is 0 Å². The van der Waals surface area contributed by atoms with Gasteiger partial charge in [-0.3, -0.25) is 14.4 Å². The highest BCUT2D eigenvalue weighted by molar-refractivity contribution is 5.93. The minimum atomic E-state index is -0.00477. The van der Waals surface area contributed by atoms with E-state index in [4.69, 9.17) is 4.74 Å².